The highest BCUT2D eigenvalue weighted by atomic mass is 16.1. The predicted molar refractivity (Wildman–Crippen MR) is 74.1 cm³/mol. The topological polar surface area (TPSA) is 17.1 Å². The Morgan fingerprint density at radius 2 is 1.67 bits per heavy atom. The van der Waals surface area contributed by atoms with Gasteiger partial charge in [-0.2, -0.15) is 0 Å². The van der Waals surface area contributed by atoms with E-state index in [1.54, 1.807) is 0 Å². The van der Waals surface area contributed by atoms with Crippen LogP contribution in [0.1, 0.15) is 53.4 Å². The molecule has 2 bridgehead atoms. The molecule has 3 rings (SSSR count). The van der Waals surface area contributed by atoms with Crippen molar-refractivity contribution in [1.29, 1.82) is 0 Å². The molecule has 0 spiro atoms. The molecule has 102 valence electrons. The average molecular weight is 248 g/mol. The van der Waals surface area contributed by atoms with Gasteiger partial charge in [0.15, 0.2) is 0 Å². The Morgan fingerprint density at radius 3 is 2.33 bits per heavy atom. The fourth-order valence-electron chi connectivity index (χ4n) is 5.71. The van der Waals surface area contributed by atoms with E-state index in [1.165, 1.54) is 25.7 Å². The first-order valence-corrected chi connectivity index (χ1v) is 8.08. The van der Waals surface area contributed by atoms with Crippen LogP contribution in [-0.2, 0) is 4.79 Å². The molecule has 3 saturated carbocycles. The number of fused-ring (bicyclic) bond motifs is 2. The van der Waals surface area contributed by atoms with Crippen LogP contribution in [0, 0.1) is 47.3 Å². The van der Waals surface area contributed by atoms with Gasteiger partial charge in [0.1, 0.15) is 5.78 Å². The molecule has 0 radical (unpaired) electrons. The Balaban J connectivity index is 1.79. The molecule has 1 heteroatoms. The minimum atomic E-state index is 0.425. The van der Waals surface area contributed by atoms with Crippen LogP contribution in [0.15, 0.2) is 0 Å². The lowest BCUT2D eigenvalue weighted by Crippen LogP contribution is -2.51. The summed E-state index contributed by atoms with van der Waals surface area (Å²) in [5, 5.41) is 0. The number of rotatable bonds is 2. The number of hydrogen-bond acceptors (Lipinski definition) is 1. The summed E-state index contributed by atoms with van der Waals surface area (Å²) in [6.07, 6.45) is 5.02. The first-order valence-electron chi connectivity index (χ1n) is 8.08. The van der Waals surface area contributed by atoms with Crippen molar-refractivity contribution < 1.29 is 4.79 Å². The van der Waals surface area contributed by atoms with Crippen molar-refractivity contribution >= 4 is 5.78 Å². The number of ketones is 1. The number of carbonyl (C=O) groups is 1. The molecule has 1 nitrogen and oxygen atoms in total. The molecule has 0 N–H and O–H groups in total. The van der Waals surface area contributed by atoms with Gasteiger partial charge in [-0.05, 0) is 54.8 Å². The van der Waals surface area contributed by atoms with E-state index in [0.717, 1.165) is 23.7 Å². The van der Waals surface area contributed by atoms with Crippen molar-refractivity contribution in [2.75, 3.05) is 0 Å². The summed E-state index contributed by atoms with van der Waals surface area (Å²) in [4.78, 5) is 12.7. The van der Waals surface area contributed by atoms with Crippen LogP contribution in [0.5, 0.6) is 0 Å². The van der Waals surface area contributed by atoms with E-state index >= 15 is 0 Å². The van der Waals surface area contributed by atoms with Crippen LogP contribution in [0.3, 0.4) is 0 Å². The van der Waals surface area contributed by atoms with Crippen LogP contribution in [0.25, 0.3) is 0 Å². The molecule has 8 atom stereocenters. The van der Waals surface area contributed by atoms with Gasteiger partial charge in [0.25, 0.3) is 0 Å². The maximum Gasteiger partial charge on any atom is 0.139 e. The summed E-state index contributed by atoms with van der Waals surface area (Å²) in [6, 6.07) is 0. The van der Waals surface area contributed by atoms with Crippen molar-refractivity contribution in [3.8, 4) is 0 Å². The Hall–Kier alpha value is -0.330. The molecule has 3 fully saturated rings. The zero-order chi connectivity index (χ0) is 13.0. The summed E-state index contributed by atoms with van der Waals surface area (Å²) in [6.45, 7) is 9.38. The zero-order valence-corrected chi connectivity index (χ0v) is 12.4. The summed E-state index contributed by atoms with van der Waals surface area (Å²) in [5.41, 5.74) is 0. The Kier molecular flexibility index (Phi) is 3.07. The molecule has 0 amide bonds. The quantitative estimate of drug-likeness (QED) is 0.717. The first kappa shape index (κ1) is 12.7. The van der Waals surface area contributed by atoms with Gasteiger partial charge in [-0.1, -0.05) is 34.1 Å². The summed E-state index contributed by atoms with van der Waals surface area (Å²) in [5.74, 6) is 6.19. The van der Waals surface area contributed by atoms with E-state index in [0.29, 0.717) is 29.5 Å². The van der Waals surface area contributed by atoms with Gasteiger partial charge in [0.2, 0.25) is 0 Å². The zero-order valence-electron chi connectivity index (χ0n) is 12.4. The Morgan fingerprint density at radius 1 is 1.00 bits per heavy atom. The van der Waals surface area contributed by atoms with Crippen molar-refractivity contribution in [2.24, 2.45) is 47.3 Å². The van der Waals surface area contributed by atoms with Gasteiger partial charge in [0, 0.05) is 11.8 Å². The van der Waals surface area contributed by atoms with E-state index < -0.39 is 0 Å². The highest BCUT2D eigenvalue weighted by Gasteiger charge is 2.54. The van der Waals surface area contributed by atoms with Crippen molar-refractivity contribution in [3.05, 3.63) is 0 Å². The molecule has 3 aliphatic rings. The molecular weight excluding hydrogens is 220 g/mol. The SMILES string of the molecule is CCC1C(C)C(C)C1C1CC2CC(C)C(C2)C1=O. The lowest BCUT2D eigenvalue weighted by molar-refractivity contribution is -0.141. The minimum Gasteiger partial charge on any atom is -0.299 e. The molecule has 0 aromatic rings. The molecule has 0 saturated heterocycles. The third-order valence-electron chi connectivity index (χ3n) is 6.84. The molecule has 3 aliphatic carbocycles. The second-order valence-corrected chi connectivity index (χ2v) is 7.53. The maximum atomic E-state index is 12.7. The van der Waals surface area contributed by atoms with Crippen molar-refractivity contribution in [3.63, 3.8) is 0 Å². The van der Waals surface area contributed by atoms with E-state index in [1.807, 2.05) is 0 Å². The average Bonchev–Trinajstić information content (AvgIpc) is 2.67. The van der Waals surface area contributed by atoms with Crippen LogP contribution in [0.2, 0.25) is 0 Å². The monoisotopic (exact) mass is 248 g/mol. The van der Waals surface area contributed by atoms with Gasteiger partial charge in [-0.15, -0.1) is 0 Å². The Bertz CT molecular complexity index is 348. The lowest BCUT2D eigenvalue weighted by atomic mass is 9.50. The van der Waals surface area contributed by atoms with Gasteiger partial charge in [-0.25, -0.2) is 0 Å². The third kappa shape index (κ3) is 1.62. The van der Waals surface area contributed by atoms with Crippen LogP contribution in [0.4, 0.5) is 0 Å². The molecule has 0 aromatic carbocycles. The fourth-order valence-corrected chi connectivity index (χ4v) is 5.71. The first-order chi connectivity index (χ1) is 8.54. The molecule has 18 heavy (non-hydrogen) atoms. The van der Waals surface area contributed by atoms with Gasteiger partial charge >= 0.3 is 0 Å². The molecular formula is C17H28O. The smallest absolute Gasteiger partial charge is 0.139 e. The highest BCUT2D eigenvalue weighted by molar-refractivity contribution is 5.85. The summed E-state index contributed by atoms with van der Waals surface area (Å²) < 4.78 is 0. The lowest BCUT2D eigenvalue weighted by Gasteiger charge is -2.54. The molecule has 0 aliphatic heterocycles. The summed E-state index contributed by atoms with van der Waals surface area (Å²) >= 11 is 0. The number of carbonyl (C=O) groups excluding carboxylic acids is 1. The summed E-state index contributed by atoms with van der Waals surface area (Å²) in [7, 11) is 0. The highest BCUT2D eigenvalue weighted by Crippen LogP contribution is 2.57. The van der Waals surface area contributed by atoms with Crippen LogP contribution < -0.4 is 0 Å². The minimum absolute atomic E-state index is 0.425. The van der Waals surface area contributed by atoms with Gasteiger partial charge in [0.05, 0.1) is 0 Å². The second kappa shape index (κ2) is 4.35. The Labute approximate surface area is 112 Å². The van der Waals surface area contributed by atoms with Crippen LogP contribution >= 0.6 is 0 Å². The van der Waals surface area contributed by atoms with Gasteiger partial charge in [-0.3, -0.25) is 4.79 Å². The van der Waals surface area contributed by atoms with Crippen molar-refractivity contribution in [1.82, 2.24) is 0 Å². The molecule has 0 aromatic heterocycles. The number of hydrogen-bond donors (Lipinski definition) is 0. The standard InChI is InChI=1S/C17H28O/c1-5-13-10(3)11(4)16(13)15-8-12-6-9(2)14(7-12)17(15)18/h9-16H,5-8H2,1-4H3. The normalized spacial score (nSPS) is 55.4. The second-order valence-electron chi connectivity index (χ2n) is 7.53. The molecule has 8 unspecified atom stereocenters. The fraction of sp³-hybridized carbons (Fsp3) is 0.941. The van der Waals surface area contributed by atoms with E-state index in [4.69, 9.17) is 0 Å². The van der Waals surface area contributed by atoms with E-state index in [9.17, 15) is 4.79 Å². The number of Topliss-reactive ketones (excluding diaryl/α,β-unsaturated/α-hetero) is 1. The van der Waals surface area contributed by atoms with E-state index in [2.05, 4.69) is 27.7 Å². The van der Waals surface area contributed by atoms with E-state index in [-0.39, 0.29) is 0 Å². The molecule has 0 heterocycles. The third-order valence-corrected chi connectivity index (χ3v) is 6.84. The predicted octanol–water partition coefficient (Wildman–Crippen LogP) is 4.17. The van der Waals surface area contributed by atoms with Crippen LogP contribution in [-0.4, -0.2) is 5.78 Å². The maximum absolute atomic E-state index is 12.7. The largest absolute Gasteiger partial charge is 0.299 e. The van der Waals surface area contributed by atoms with Gasteiger partial charge < -0.3 is 0 Å². The van der Waals surface area contributed by atoms with Crippen molar-refractivity contribution in [2.45, 2.75) is 53.4 Å².